The standard InChI is InChI=1S/C18H20ClFN2O3S/c1-3-22(26(24,25)16-10-8-15(19)9-11-16)13-18(23)21(2)12-14-6-4-5-7-17(14)20/h4-11H,3,12-13H2,1-2H3. The van der Waals surface area contributed by atoms with Crippen LogP contribution < -0.4 is 0 Å². The molecule has 0 unspecified atom stereocenters. The summed E-state index contributed by atoms with van der Waals surface area (Å²) in [6, 6.07) is 11.9. The normalized spacial score (nSPS) is 11.6. The third kappa shape index (κ3) is 4.81. The van der Waals surface area contributed by atoms with Gasteiger partial charge in [0.25, 0.3) is 0 Å². The zero-order chi connectivity index (χ0) is 19.3. The number of likely N-dealkylation sites (N-methyl/N-ethyl adjacent to an activating group) is 2. The summed E-state index contributed by atoms with van der Waals surface area (Å²) in [5.41, 5.74) is 0.368. The number of sulfonamides is 1. The quantitative estimate of drug-likeness (QED) is 0.719. The van der Waals surface area contributed by atoms with Crippen LogP contribution in [0.1, 0.15) is 12.5 Å². The molecule has 0 aliphatic rings. The molecule has 1 amide bonds. The second-order valence-corrected chi connectivity index (χ2v) is 8.10. The number of amides is 1. The lowest BCUT2D eigenvalue weighted by Crippen LogP contribution is -2.41. The molecule has 0 fully saturated rings. The largest absolute Gasteiger partial charge is 0.340 e. The summed E-state index contributed by atoms with van der Waals surface area (Å²) in [6.45, 7) is 1.51. The van der Waals surface area contributed by atoms with Crippen molar-refractivity contribution in [2.75, 3.05) is 20.1 Å². The smallest absolute Gasteiger partial charge is 0.243 e. The maximum absolute atomic E-state index is 13.7. The van der Waals surface area contributed by atoms with Crippen LogP contribution in [0.4, 0.5) is 4.39 Å². The molecule has 0 radical (unpaired) electrons. The fraction of sp³-hybridized carbons (Fsp3) is 0.278. The Labute approximate surface area is 158 Å². The molecule has 0 aliphatic heterocycles. The zero-order valence-electron chi connectivity index (χ0n) is 14.5. The van der Waals surface area contributed by atoms with Crippen molar-refractivity contribution in [3.05, 3.63) is 64.9 Å². The molecule has 8 heteroatoms. The van der Waals surface area contributed by atoms with Gasteiger partial charge in [0.05, 0.1) is 11.4 Å². The average Bonchev–Trinajstić information content (AvgIpc) is 2.61. The van der Waals surface area contributed by atoms with Gasteiger partial charge in [-0.05, 0) is 30.3 Å². The molecule has 2 rings (SSSR count). The maximum Gasteiger partial charge on any atom is 0.243 e. The first kappa shape index (κ1) is 20.4. The molecule has 0 heterocycles. The summed E-state index contributed by atoms with van der Waals surface area (Å²) in [4.78, 5) is 13.8. The van der Waals surface area contributed by atoms with Crippen LogP contribution in [0.5, 0.6) is 0 Å². The van der Waals surface area contributed by atoms with E-state index < -0.39 is 21.7 Å². The van der Waals surface area contributed by atoms with Gasteiger partial charge in [-0.3, -0.25) is 4.79 Å². The number of carbonyl (C=O) groups is 1. The van der Waals surface area contributed by atoms with Crippen LogP contribution in [0.3, 0.4) is 0 Å². The number of hydrogen-bond donors (Lipinski definition) is 0. The summed E-state index contributed by atoms with van der Waals surface area (Å²) in [5, 5.41) is 0.424. The maximum atomic E-state index is 13.7. The van der Waals surface area contributed by atoms with Crippen LogP contribution in [0.2, 0.25) is 5.02 Å². The van der Waals surface area contributed by atoms with Crippen molar-refractivity contribution in [1.29, 1.82) is 0 Å². The Balaban J connectivity index is 2.12. The summed E-state index contributed by atoms with van der Waals surface area (Å²) < 4.78 is 40.2. The van der Waals surface area contributed by atoms with Gasteiger partial charge in [0.2, 0.25) is 15.9 Å². The second kappa shape index (κ2) is 8.62. The highest BCUT2D eigenvalue weighted by atomic mass is 35.5. The van der Waals surface area contributed by atoms with Crippen molar-refractivity contribution >= 4 is 27.5 Å². The molecule has 0 aromatic heterocycles. The first-order valence-corrected chi connectivity index (χ1v) is 9.80. The van der Waals surface area contributed by atoms with Gasteiger partial charge >= 0.3 is 0 Å². The number of benzene rings is 2. The molecule has 0 saturated carbocycles. The van der Waals surface area contributed by atoms with E-state index in [-0.39, 0.29) is 24.5 Å². The lowest BCUT2D eigenvalue weighted by molar-refractivity contribution is -0.130. The van der Waals surface area contributed by atoms with Crippen molar-refractivity contribution in [3.63, 3.8) is 0 Å². The first-order chi connectivity index (χ1) is 12.3. The van der Waals surface area contributed by atoms with Gasteiger partial charge in [0.15, 0.2) is 0 Å². The third-order valence-corrected chi connectivity index (χ3v) is 6.09. The van der Waals surface area contributed by atoms with Crippen LogP contribution in [0.25, 0.3) is 0 Å². The Bertz CT molecular complexity index is 872. The minimum Gasteiger partial charge on any atom is -0.340 e. The molecule has 140 valence electrons. The Kier molecular flexibility index (Phi) is 6.75. The molecule has 0 spiro atoms. The van der Waals surface area contributed by atoms with E-state index in [1.54, 1.807) is 25.1 Å². The summed E-state index contributed by atoms with van der Waals surface area (Å²) >= 11 is 5.79. The van der Waals surface area contributed by atoms with Crippen LogP contribution >= 0.6 is 11.6 Å². The molecule has 26 heavy (non-hydrogen) atoms. The summed E-state index contributed by atoms with van der Waals surface area (Å²) in [5.74, 6) is -0.832. The molecule has 0 bridgehead atoms. The van der Waals surface area contributed by atoms with Crippen LogP contribution in [-0.2, 0) is 21.4 Å². The van der Waals surface area contributed by atoms with Crippen LogP contribution in [-0.4, -0.2) is 43.7 Å². The minimum absolute atomic E-state index is 0.0596. The van der Waals surface area contributed by atoms with Crippen LogP contribution in [0.15, 0.2) is 53.4 Å². The zero-order valence-corrected chi connectivity index (χ0v) is 16.1. The number of rotatable bonds is 7. The van der Waals surface area contributed by atoms with E-state index >= 15 is 0 Å². The van der Waals surface area contributed by atoms with E-state index in [0.717, 1.165) is 4.31 Å². The molecule has 0 N–H and O–H groups in total. The summed E-state index contributed by atoms with van der Waals surface area (Å²) in [7, 11) is -2.31. The van der Waals surface area contributed by atoms with Gasteiger partial charge < -0.3 is 4.90 Å². The SMILES string of the molecule is CCN(CC(=O)N(C)Cc1ccccc1F)S(=O)(=O)c1ccc(Cl)cc1. The Morgan fingerprint density at radius 1 is 1.12 bits per heavy atom. The van der Waals surface area contributed by atoms with Crippen molar-refractivity contribution in [2.45, 2.75) is 18.4 Å². The van der Waals surface area contributed by atoms with E-state index in [2.05, 4.69) is 0 Å². The fourth-order valence-electron chi connectivity index (χ4n) is 2.36. The number of hydrogen-bond acceptors (Lipinski definition) is 3. The van der Waals surface area contributed by atoms with Gasteiger partial charge in [0, 0.05) is 30.7 Å². The van der Waals surface area contributed by atoms with Crippen LogP contribution in [0, 0.1) is 5.82 Å². The predicted molar refractivity (Wildman–Crippen MR) is 98.8 cm³/mol. The number of nitrogens with zero attached hydrogens (tertiary/aromatic N) is 2. The lowest BCUT2D eigenvalue weighted by Gasteiger charge is -2.24. The molecule has 2 aromatic rings. The van der Waals surface area contributed by atoms with Crippen molar-refractivity contribution in [1.82, 2.24) is 9.21 Å². The molecule has 5 nitrogen and oxygen atoms in total. The fourth-order valence-corrected chi connectivity index (χ4v) is 3.89. The van der Waals surface area contributed by atoms with Gasteiger partial charge in [0.1, 0.15) is 5.82 Å². The second-order valence-electron chi connectivity index (χ2n) is 5.73. The molecular formula is C18H20ClFN2O3S. The molecular weight excluding hydrogens is 379 g/mol. The highest BCUT2D eigenvalue weighted by molar-refractivity contribution is 7.89. The Hall–Kier alpha value is -1.96. The highest BCUT2D eigenvalue weighted by Crippen LogP contribution is 2.18. The first-order valence-electron chi connectivity index (χ1n) is 7.98. The molecule has 0 aliphatic carbocycles. The molecule has 0 atom stereocenters. The van der Waals surface area contributed by atoms with Gasteiger partial charge in [-0.25, -0.2) is 12.8 Å². The molecule has 0 saturated heterocycles. The van der Waals surface area contributed by atoms with Gasteiger partial charge in [-0.15, -0.1) is 0 Å². The van der Waals surface area contributed by atoms with Crippen molar-refractivity contribution < 1.29 is 17.6 Å². The monoisotopic (exact) mass is 398 g/mol. The highest BCUT2D eigenvalue weighted by Gasteiger charge is 2.26. The van der Waals surface area contributed by atoms with E-state index in [9.17, 15) is 17.6 Å². The minimum atomic E-state index is -3.82. The van der Waals surface area contributed by atoms with E-state index in [1.807, 2.05) is 0 Å². The predicted octanol–water partition coefficient (Wildman–Crippen LogP) is 3.15. The van der Waals surface area contributed by atoms with E-state index in [1.165, 1.54) is 42.3 Å². The topological polar surface area (TPSA) is 57.7 Å². The Morgan fingerprint density at radius 3 is 2.31 bits per heavy atom. The number of halogens is 2. The van der Waals surface area contributed by atoms with Gasteiger partial charge in [-0.1, -0.05) is 36.7 Å². The summed E-state index contributed by atoms with van der Waals surface area (Å²) in [6.07, 6.45) is 0. The van der Waals surface area contributed by atoms with Crippen molar-refractivity contribution in [3.8, 4) is 0 Å². The third-order valence-electron chi connectivity index (χ3n) is 3.91. The Morgan fingerprint density at radius 2 is 1.73 bits per heavy atom. The lowest BCUT2D eigenvalue weighted by atomic mass is 10.2. The average molecular weight is 399 g/mol. The molecule has 2 aromatic carbocycles. The van der Waals surface area contributed by atoms with E-state index in [0.29, 0.717) is 10.6 Å². The van der Waals surface area contributed by atoms with Gasteiger partial charge in [-0.2, -0.15) is 4.31 Å². The van der Waals surface area contributed by atoms with E-state index in [4.69, 9.17) is 11.6 Å². The number of carbonyl (C=O) groups excluding carboxylic acids is 1. The van der Waals surface area contributed by atoms with Crippen molar-refractivity contribution in [2.24, 2.45) is 0 Å².